The van der Waals surface area contributed by atoms with Crippen molar-refractivity contribution >= 4 is 5.78 Å². The third-order valence-electron chi connectivity index (χ3n) is 4.14. The highest BCUT2D eigenvalue weighted by molar-refractivity contribution is 5.97. The number of hydrogen-bond donors (Lipinski definition) is 0. The van der Waals surface area contributed by atoms with Crippen LogP contribution in [0.25, 0.3) is 0 Å². The molecule has 0 unspecified atom stereocenters. The first-order valence-electron chi connectivity index (χ1n) is 7.08. The summed E-state index contributed by atoms with van der Waals surface area (Å²) in [5.74, 6) is 1.41. The third kappa shape index (κ3) is 3.47. The van der Waals surface area contributed by atoms with E-state index >= 15 is 0 Å². The molecule has 16 heavy (non-hydrogen) atoms. The van der Waals surface area contributed by atoms with Gasteiger partial charge in [0.05, 0.1) is 0 Å². The van der Waals surface area contributed by atoms with Crippen LogP contribution >= 0.6 is 0 Å². The van der Waals surface area contributed by atoms with Gasteiger partial charge in [-0.25, -0.2) is 0 Å². The topological polar surface area (TPSA) is 17.1 Å². The van der Waals surface area contributed by atoms with Crippen LogP contribution in [-0.2, 0) is 4.79 Å². The molecule has 0 saturated heterocycles. The standard InChI is InChI=1S/C15H24O/c16-15-12-6-11-14(15)10-5-4-9-13-7-2-1-3-8-13/h10,13H,1-9,11-12H2/b14-10+. The van der Waals surface area contributed by atoms with Crippen LogP contribution in [0, 0.1) is 5.92 Å². The highest BCUT2D eigenvalue weighted by Gasteiger charge is 2.16. The van der Waals surface area contributed by atoms with E-state index in [-0.39, 0.29) is 0 Å². The first-order valence-corrected chi connectivity index (χ1v) is 7.08. The molecule has 0 bridgehead atoms. The largest absolute Gasteiger partial charge is 0.295 e. The lowest BCUT2D eigenvalue weighted by Gasteiger charge is -2.20. The van der Waals surface area contributed by atoms with E-state index in [1.165, 1.54) is 44.9 Å². The summed E-state index contributed by atoms with van der Waals surface area (Å²) < 4.78 is 0. The molecule has 2 aliphatic carbocycles. The number of allylic oxidation sites excluding steroid dienone is 2. The Kier molecular flexibility index (Phi) is 4.62. The van der Waals surface area contributed by atoms with Crippen molar-refractivity contribution < 1.29 is 4.79 Å². The Hall–Kier alpha value is -0.590. The van der Waals surface area contributed by atoms with Gasteiger partial charge in [0.2, 0.25) is 0 Å². The number of unbranched alkanes of at least 4 members (excludes halogenated alkanes) is 1. The molecule has 90 valence electrons. The molecule has 0 aromatic rings. The maximum absolute atomic E-state index is 11.4. The predicted molar refractivity (Wildman–Crippen MR) is 67.4 cm³/mol. The number of ketones is 1. The summed E-state index contributed by atoms with van der Waals surface area (Å²) in [5, 5.41) is 0. The predicted octanol–water partition coefficient (Wildman–Crippen LogP) is 4.42. The Bertz CT molecular complexity index is 259. The van der Waals surface area contributed by atoms with Crippen molar-refractivity contribution in [3.05, 3.63) is 11.6 Å². The van der Waals surface area contributed by atoms with Gasteiger partial charge in [0, 0.05) is 6.42 Å². The van der Waals surface area contributed by atoms with E-state index in [4.69, 9.17) is 0 Å². The fourth-order valence-electron chi connectivity index (χ4n) is 3.11. The van der Waals surface area contributed by atoms with Crippen molar-refractivity contribution in [2.75, 3.05) is 0 Å². The molecule has 0 atom stereocenters. The van der Waals surface area contributed by atoms with Crippen molar-refractivity contribution in [2.45, 2.75) is 70.6 Å². The molecule has 2 fully saturated rings. The summed E-state index contributed by atoms with van der Waals surface area (Å²) in [6.45, 7) is 0. The lowest BCUT2D eigenvalue weighted by molar-refractivity contribution is -0.114. The summed E-state index contributed by atoms with van der Waals surface area (Å²) in [6.07, 6.45) is 16.2. The molecule has 0 aromatic heterocycles. The zero-order valence-corrected chi connectivity index (χ0v) is 10.3. The van der Waals surface area contributed by atoms with Gasteiger partial charge < -0.3 is 0 Å². The highest BCUT2D eigenvalue weighted by Crippen LogP contribution is 2.28. The van der Waals surface area contributed by atoms with E-state index in [0.717, 1.165) is 37.2 Å². The van der Waals surface area contributed by atoms with E-state index < -0.39 is 0 Å². The molecule has 2 saturated carbocycles. The number of carbonyl (C=O) groups excluding carboxylic acids is 1. The van der Waals surface area contributed by atoms with Gasteiger partial charge in [-0.2, -0.15) is 0 Å². The van der Waals surface area contributed by atoms with Crippen molar-refractivity contribution in [3.8, 4) is 0 Å². The number of hydrogen-bond acceptors (Lipinski definition) is 1. The minimum atomic E-state index is 0.415. The molecule has 1 nitrogen and oxygen atoms in total. The van der Waals surface area contributed by atoms with Crippen LogP contribution in [0.4, 0.5) is 0 Å². The van der Waals surface area contributed by atoms with Gasteiger partial charge in [0.1, 0.15) is 0 Å². The van der Waals surface area contributed by atoms with Crippen LogP contribution in [0.5, 0.6) is 0 Å². The van der Waals surface area contributed by atoms with Gasteiger partial charge in [0.25, 0.3) is 0 Å². The van der Waals surface area contributed by atoms with Crippen LogP contribution in [0.15, 0.2) is 11.6 Å². The first-order chi connectivity index (χ1) is 7.86. The average molecular weight is 220 g/mol. The molecular formula is C15H24O. The fourth-order valence-corrected chi connectivity index (χ4v) is 3.11. The van der Waals surface area contributed by atoms with Gasteiger partial charge in [-0.1, -0.05) is 44.6 Å². The molecule has 0 amide bonds. The zero-order chi connectivity index (χ0) is 11.2. The molecule has 2 aliphatic rings. The molecule has 0 N–H and O–H groups in total. The number of carbonyl (C=O) groups is 1. The summed E-state index contributed by atoms with van der Waals surface area (Å²) in [4.78, 5) is 11.4. The Morgan fingerprint density at radius 3 is 2.56 bits per heavy atom. The molecule has 1 heteroatoms. The Labute approximate surface area is 99.3 Å². The Morgan fingerprint density at radius 2 is 1.88 bits per heavy atom. The molecule has 0 aliphatic heterocycles. The number of rotatable bonds is 4. The third-order valence-corrected chi connectivity index (χ3v) is 4.14. The van der Waals surface area contributed by atoms with Crippen molar-refractivity contribution in [3.63, 3.8) is 0 Å². The lowest BCUT2D eigenvalue weighted by Crippen LogP contribution is -2.05. The van der Waals surface area contributed by atoms with Gasteiger partial charge in [-0.05, 0) is 37.2 Å². The van der Waals surface area contributed by atoms with Gasteiger partial charge >= 0.3 is 0 Å². The van der Waals surface area contributed by atoms with Gasteiger partial charge in [-0.15, -0.1) is 0 Å². The molecule has 0 aromatic carbocycles. The van der Waals surface area contributed by atoms with Crippen LogP contribution in [-0.4, -0.2) is 5.78 Å². The van der Waals surface area contributed by atoms with E-state index in [1.54, 1.807) is 0 Å². The zero-order valence-electron chi connectivity index (χ0n) is 10.3. The summed E-state index contributed by atoms with van der Waals surface area (Å²) in [6, 6.07) is 0. The van der Waals surface area contributed by atoms with Gasteiger partial charge in [-0.3, -0.25) is 4.79 Å². The molecule has 0 radical (unpaired) electrons. The maximum Gasteiger partial charge on any atom is 0.158 e. The summed E-state index contributed by atoms with van der Waals surface area (Å²) >= 11 is 0. The van der Waals surface area contributed by atoms with Crippen LogP contribution in [0.2, 0.25) is 0 Å². The van der Waals surface area contributed by atoms with Crippen molar-refractivity contribution in [2.24, 2.45) is 5.92 Å². The highest BCUT2D eigenvalue weighted by atomic mass is 16.1. The number of Topliss-reactive ketones (excluding diaryl/α,β-unsaturated/α-hetero) is 1. The first kappa shape index (κ1) is 11.9. The Balaban J connectivity index is 1.62. The second-order valence-electron chi connectivity index (χ2n) is 5.44. The van der Waals surface area contributed by atoms with Crippen LogP contribution < -0.4 is 0 Å². The maximum atomic E-state index is 11.4. The minimum absolute atomic E-state index is 0.415. The van der Waals surface area contributed by atoms with Crippen LogP contribution in [0.1, 0.15) is 70.6 Å². The molecule has 2 rings (SSSR count). The van der Waals surface area contributed by atoms with Crippen LogP contribution in [0.3, 0.4) is 0 Å². The minimum Gasteiger partial charge on any atom is -0.295 e. The van der Waals surface area contributed by atoms with E-state index in [2.05, 4.69) is 6.08 Å². The lowest BCUT2D eigenvalue weighted by atomic mass is 9.86. The quantitative estimate of drug-likeness (QED) is 0.506. The molecular weight excluding hydrogens is 196 g/mol. The van der Waals surface area contributed by atoms with E-state index in [1.807, 2.05) is 0 Å². The molecule has 0 spiro atoms. The van der Waals surface area contributed by atoms with Crippen molar-refractivity contribution in [1.29, 1.82) is 0 Å². The SMILES string of the molecule is O=C1CCC/C1=C\CCCC1CCCCC1. The van der Waals surface area contributed by atoms with Crippen molar-refractivity contribution in [1.82, 2.24) is 0 Å². The summed E-state index contributed by atoms with van der Waals surface area (Å²) in [7, 11) is 0. The normalized spacial score (nSPS) is 25.5. The summed E-state index contributed by atoms with van der Waals surface area (Å²) in [5.41, 5.74) is 1.13. The molecule has 0 heterocycles. The van der Waals surface area contributed by atoms with E-state index in [0.29, 0.717) is 5.78 Å². The fraction of sp³-hybridized carbons (Fsp3) is 0.800. The second kappa shape index (κ2) is 6.22. The van der Waals surface area contributed by atoms with E-state index in [9.17, 15) is 4.79 Å². The average Bonchev–Trinajstić information content (AvgIpc) is 2.72. The Morgan fingerprint density at radius 1 is 1.06 bits per heavy atom. The second-order valence-corrected chi connectivity index (χ2v) is 5.44. The van der Waals surface area contributed by atoms with Gasteiger partial charge in [0.15, 0.2) is 5.78 Å². The smallest absolute Gasteiger partial charge is 0.158 e. The monoisotopic (exact) mass is 220 g/mol.